The van der Waals surface area contributed by atoms with E-state index in [0.717, 1.165) is 21.9 Å². The van der Waals surface area contributed by atoms with Crippen LogP contribution in [-0.4, -0.2) is 5.91 Å². The molecule has 4 aromatic carbocycles. The summed E-state index contributed by atoms with van der Waals surface area (Å²) >= 11 is 16.1. The molecule has 0 aliphatic carbocycles. The van der Waals surface area contributed by atoms with Crippen molar-refractivity contribution in [1.29, 1.82) is 5.26 Å². The van der Waals surface area contributed by atoms with E-state index in [1.807, 2.05) is 31.2 Å². The number of rotatable bonds is 6. The van der Waals surface area contributed by atoms with Gasteiger partial charge in [-0.15, -0.1) is 0 Å². The summed E-state index contributed by atoms with van der Waals surface area (Å²) in [7, 11) is 0. The standard InChI is InChI=1S/C28H19BrCl2N2O2/c1-17-6-9-23(14-25(17)30)33-28(34)22(15-32)11-19-12-24(29)27(26(31)13-19)35-16-18-7-8-20-4-2-3-5-21(20)10-18/h2-14H,16H2,1H3,(H,33,34)/b22-11-. The lowest BCUT2D eigenvalue weighted by atomic mass is 10.1. The molecule has 0 heterocycles. The fourth-order valence-corrected chi connectivity index (χ4v) is 4.64. The molecule has 35 heavy (non-hydrogen) atoms. The maximum absolute atomic E-state index is 12.6. The van der Waals surface area contributed by atoms with Crippen molar-refractivity contribution in [2.24, 2.45) is 0 Å². The molecule has 1 N–H and O–H groups in total. The van der Waals surface area contributed by atoms with Gasteiger partial charge < -0.3 is 10.1 Å². The third-order valence-corrected chi connectivity index (χ3v) is 6.60. The number of carbonyl (C=O) groups excluding carboxylic acids is 1. The lowest BCUT2D eigenvalue weighted by Gasteiger charge is -2.12. The highest BCUT2D eigenvalue weighted by atomic mass is 79.9. The molecule has 7 heteroatoms. The van der Waals surface area contributed by atoms with E-state index in [1.165, 1.54) is 6.08 Å². The Morgan fingerprint density at radius 2 is 1.80 bits per heavy atom. The number of aryl methyl sites for hydroxylation is 1. The second-order valence-corrected chi connectivity index (χ2v) is 9.54. The number of anilines is 1. The third-order valence-electron chi connectivity index (χ3n) is 5.32. The summed E-state index contributed by atoms with van der Waals surface area (Å²) in [6.07, 6.45) is 1.47. The van der Waals surface area contributed by atoms with E-state index in [4.69, 9.17) is 27.9 Å². The number of nitrogens with zero attached hydrogens (tertiary/aromatic N) is 1. The number of halogens is 3. The number of carbonyl (C=O) groups is 1. The van der Waals surface area contributed by atoms with Crippen molar-refractivity contribution in [1.82, 2.24) is 0 Å². The first-order valence-electron chi connectivity index (χ1n) is 10.6. The van der Waals surface area contributed by atoms with Gasteiger partial charge in [-0.3, -0.25) is 4.79 Å². The first-order valence-corrected chi connectivity index (χ1v) is 12.2. The van der Waals surface area contributed by atoms with Crippen molar-refractivity contribution in [2.75, 3.05) is 5.32 Å². The Morgan fingerprint density at radius 1 is 1.03 bits per heavy atom. The molecule has 4 rings (SSSR count). The van der Waals surface area contributed by atoms with E-state index in [1.54, 1.807) is 30.3 Å². The smallest absolute Gasteiger partial charge is 0.266 e. The summed E-state index contributed by atoms with van der Waals surface area (Å²) in [5, 5.41) is 15.4. The van der Waals surface area contributed by atoms with Crippen LogP contribution in [0.4, 0.5) is 5.69 Å². The predicted molar refractivity (Wildman–Crippen MR) is 146 cm³/mol. The van der Waals surface area contributed by atoms with E-state index in [2.05, 4.69) is 45.5 Å². The van der Waals surface area contributed by atoms with E-state index >= 15 is 0 Å². The van der Waals surface area contributed by atoms with E-state index in [-0.39, 0.29) is 5.57 Å². The van der Waals surface area contributed by atoms with Crippen molar-refractivity contribution in [3.05, 3.63) is 110 Å². The second kappa shape index (κ2) is 11.0. The Hall–Kier alpha value is -3.30. The number of amides is 1. The molecule has 0 radical (unpaired) electrons. The summed E-state index contributed by atoms with van der Waals surface area (Å²) in [5.41, 5.74) is 2.91. The van der Waals surface area contributed by atoms with Crippen LogP contribution < -0.4 is 10.1 Å². The second-order valence-electron chi connectivity index (χ2n) is 7.87. The van der Waals surface area contributed by atoms with Gasteiger partial charge in [0.25, 0.3) is 5.91 Å². The first-order chi connectivity index (χ1) is 16.8. The highest BCUT2D eigenvalue weighted by molar-refractivity contribution is 9.10. The number of ether oxygens (including phenoxy) is 1. The van der Waals surface area contributed by atoms with E-state index in [0.29, 0.717) is 38.1 Å². The molecule has 174 valence electrons. The average Bonchev–Trinajstić information content (AvgIpc) is 2.84. The quantitative estimate of drug-likeness (QED) is 0.189. The van der Waals surface area contributed by atoms with Crippen LogP contribution in [0.1, 0.15) is 16.7 Å². The molecule has 4 aromatic rings. The fourth-order valence-electron chi connectivity index (χ4n) is 3.47. The van der Waals surface area contributed by atoms with Crippen LogP contribution in [0.5, 0.6) is 5.75 Å². The number of nitrogens with one attached hydrogen (secondary N) is 1. The van der Waals surface area contributed by atoms with Gasteiger partial charge in [0.05, 0.1) is 9.50 Å². The van der Waals surface area contributed by atoms with E-state index in [9.17, 15) is 10.1 Å². The largest absolute Gasteiger partial charge is 0.486 e. The van der Waals surface area contributed by atoms with Gasteiger partial charge in [0.1, 0.15) is 18.2 Å². The van der Waals surface area contributed by atoms with Gasteiger partial charge in [-0.05, 0) is 86.7 Å². The molecule has 0 unspecified atom stereocenters. The van der Waals surface area contributed by atoms with Gasteiger partial charge in [-0.1, -0.05) is 65.7 Å². The summed E-state index contributed by atoms with van der Waals surface area (Å²) in [5.74, 6) is -0.0643. The van der Waals surface area contributed by atoms with Crippen LogP contribution in [0.15, 0.2) is 82.8 Å². The molecule has 4 nitrogen and oxygen atoms in total. The lowest BCUT2D eigenvalue weighted by molar-refractivity contribution is -0.112. The molecule has 0 aliphatic rings. The van der Waals surface area contributed by atoms with Crippen molar-refractivity contribution in [3.63, 3.8) is 0 Å². The highest BCUT2D eigenvalue weighted by Crippen LogP contribution is 2.36. The first kappa shape index (κ1) is 24.8. The van der Waals surface area contributed by atoms with Gasteiger partial charge in [-0.2, -0.15) is 5.26 Å². The Balaban J connectivity index is 1.50. The minimum Gasteiger partial charge on any atom is -0.486 e. The van der Waals surface area contributed by atoms with Crippen molar-refractivity contribution in [3.8, 4) is 11.8 Å². The molecule has 0 saturated heterocycles. The normalized spacial score (nSPS) is 11.2. The molecule has 0 spiro atoms. The molecule has 0 aromatic heterocycles. The zero-order valence-corrected chi connectivity index (χ0v) is 21.7. The minimum atomic E-state index is -0.545. The van der Waals surface area contributed by atoms with Gasteiger partial charge >= 0.3 is 0 Å². The molecule has 0 atom stereocenters. The zero-order valence-electron chi connectivity index (χ0n) is 18.6. The number of nitriles is 1. The summed E-state index contributed by atoms with van der Waals surface area (Å²) < 4.78 is 6.59. The molecule has 0 saturated carbocycles. The molecule has 0 fully saturated rings. The number of hydrogen-bond donors (Lipinski definition) is 1. The van der Waals surface area contributed by atoms with Gasteiger partial charge in [-0.25, -0.2) is 0 Å². The Bertz CT molecular complexity index is 1490. The summed E-state index contributed by atoms with van der Waals surface area (Å²) in [6.45, 7) is 2.20. The minimum absolute atomic E-state index is 0.0745. The van der Waals surface area contributed by atoms with Crippen molar-refractivity contribution < 1.29 is 9.53 Å². The van der Waals surface area contributed by atoms with Gasteiger partial charge in [0.2, 0.25) is 0 Å². The number of hydrogen-bond acceptors (Lipinski definition) is 3. The van der Waals surface area contributed by atoms with Crippen LogP contribution in [0.3, 0.4) is 0 Å². The Morgan fingerprint density at radius 3 is 2.51 bits per heavy atom. The summed E-state index contributed by atoms with van der Waals surface area (Å²) in [4.78, 5) is 12.6. The Kier molecular flexibility index (Phi) is 7.77. The molecule has 0 aliphatic heterocycles. The zero-order chi connectivity index (χ0) is 24.9. The maximum Gasteiger partial charge on any atom is 0.266 e. The molecule has 1 amide bonds. The van der Waals surface area contributed by atoms with Crippen molar-refractivity contribution in [2.45, 2.75) is 13.5 Å². The maximum atomic E-state index is 12.6. The number of benzene rings is 4. The van der Waals surface area contributed by atoms with E-state index < -0.39 is 5.91 Å². The highest BCUT2D eigenvalue weighted by Gasteiger charge is 2.13. The molecular weight excluding hydrogens is 547 g/mol. The predicted octanol–water partition coefficient (Wildman–Crippen LogP) is 8.34. The van der Waals surface area contributed by atoms with Crippen LogP contribution in [0.25, 0.3) is 16.8 Å². The number of fused-ring (bicyclic) bond motifs is 1. The molecule has 0 bridgehead atoms. The fraction of sp³-hybridized carbons (Fsp3) is 0.0714. The van der Waals surface area contributed by atoms with Crippen molar-refractivity contribution >= 4 is 67.6 Å². The van der Waals surface area contributed by atoms with Crippen LogP contribution >= 0.6 is 39.1 Å². The topological polar surface area (TPSA) is 62.1 Å². The van der Waals surface area contributed by atoms with Crippen LogP contribution in [0.2, 0.25) is 10.0 Å². The SMILES string of the molecule is Cc1ccc(NC(=O)/C(C#N)=C\c2cc(Cl)c(OCc3ccc4ccccc4c3)c(Br)c2)cc1Cl. The van der Waals surface area contributed by atoms with Gasteiger partial charge in [0.15, 0.2) is 5.75 Å². The van der Waals surface area contributed by atoms with Crippen LogP contribution in [-0.2, 0) is 11.4 Å². The Labute approximate surface area is 221 Å². The lowest BCUT2D eigenvalue weighted by Crippen LogP contribution is -2.13. The van der Waals surface area contributed by atoms with Crippen LogP contribution in [0, 0.1) is 18.3 Å². The molecular formula is C28H19BrCl2N2O2. The van der Waals surface area contributed by atoms with Gasteiger partial charge in [0, 0.05) is 10.7 Å². The average molecular weight is 566 g/mol. The summed E-state index contributed by atoms with van der Waals surface area (Å²) in [6, 6.07) is 24.7. The monoisotopic (exact) mass is 564 g/mol. The third kappa shape index (κ3) is 6.04.